The summed E-state index contributed by atoms with van der Waals surface area (Å²) in [6.45, 7) is -0.140. The molecule has 1 aliphatic rings. The van der Waals surface area contributed by atoms with Crippen LogP contribution in [0.5, 0.6) is 5.75 Å². The van der Waals surface area contributed by atoms with Gasteiger partial charge in [0.2, 0.25) is 0 Å². The molecule has 0 aromatic heterocycles. The first-order valence-electron chi connectivity index (χ1n) is 5.32. The Morgan fingerprint density at radius 2 is 1.53 bits per heavy atom. The smallest absolute Gasteiger partial charge is 0.419 e. The van der Waals surface area contributed by atoms with Gasteiger partial charge >= 0.3 is 12.4 Å². The van der Waals surface area contributed by atoms with Gasteiger partial charge in [-0.05, 0) is 12.1 Å². The summed E-state index contributed by atoms with van der Waals surface area (Å²) in [6, 6.07) is -0.349. The van der Waals surface area contributed by atoms with Gasteiger partial charge in [0, 0.05) is 18.0 Å². The van der Waals surface area contributed by atoms with E-state index in [0.717, 1.165) is 0 Å². The predicted molar refractivity (Wildman–Crippen MR) is 53.5 cm³/mol. The monoisotopic (exact) mass is 285 g/mol. The second kappa shape index (κ2) is 4.29. The van der Waals surface area contributed by atoms with Gasteiger partial charge in [-0.3, -0.25) is 0 Å². The van der Waals surface area contributed by atoms with Crippen molar-refractivity contribution in [1.82, 2.24) is 0 Å². The van der Waals surface area contributed by atoms with Crippen LogP contribution in [0, 0.1) is 0 Å². The number of fused-ring (bicyclic) bond motifs is 1. The average molecular weight is 285 g/mol. The zero-order chi connectivity index (χ0) is 14.4. The standard InChI is InChI=1S/C11H9F6NO/c12-10(13,14)5-1-2-6(11(15,16)17)9-8(5)7(18)3-4-19-9/h1-2,7H,3-4,18H2/t7-/m1/s1. The Kier molecular flexibility index (Phi) is 3.16. The lowest BCUT2D eigenvalue weighted by Gasteiger charge is -2.28. The van der Waals surface area contributed by atoms with Crippen LogP contribution in [0.25, 0.3) is 0 Å². The number of nitrogens with two attached hydrogens (primary N) is 1. The van der Waals surface area contributed by atoms with E-state index >= 15 is 0 Å². The Hall–Kier alpha value is -1.44. The van der Waals surface area contributed by atoms with Crippen molar-refractivity contribution in [3.63, 3.8) is 0 Å². The number of rotatable bonds is 0. The summed E-state index contributed by atoms with van der Waals surface area (Å²) in [5.41, 5.74) is 2.48. The van der Waals surface area contributed by atoms with E-state index in [4.69, 9.17) is 10.5 Å². The first kappa shape index (κ1) is 14.0. The zero-order valence-corrected chi connectivity index (χ0v) is 9.40. The fourth-order valence-corrected chi connectivity index (χ4v) is 2.03. The molecule has 19 heavy (non-hydrogen) atoms. The first-order chi connectivity index (χ1) is 8.62. The molecule has 0 fully saturated rings. The lowest BCUT2D eigenvalue weighted by molar-refractivity contribution is -0.143. The van der Waals surface area contributed by atoms with E-state index in [1.807, 2.05) is 0 Å². The molecular formula is C11H9F6NO. The van der Waals surface area contributed by atoms with Crippen molar-refractivity contribution >= 4 is 0 Å². The molecule has 1 aliphatic heterocycles. The number of benzene rings is 1. The minimum atomic E-state index is -4.79. The fraction of sp³-hybridized carbons (Fsp3) is 0.455. The van der Waals surface area contributed by atoms with E-state index in [-0.39, 0.29) is 13.0 Å². The second-order valence-electron chi connectivity index (χ2n) is 4.14. The first-order valence-corrected chi connectivity index (χ1v) is 5.32. The van der Waals surface area contributed by atoms with Crippen LogP contribution in [0.1, 0.15) is 29.2 Å². The van der Waals surface area contributed by atoms with Gasteiger partial charge in [0.05, 0.1) is 17.7 Å². The van der Waals surface area contributed by atoms with Crippen LogP contribution in [0.15, 0.2) is 12.1 Å². The summed E-state index contributed by atoms with van der Waals surface area (Å²) in [4.78, 5) is 0. The van der Waals surface area contributed by atoms with Gasteiger partial charge in [-0.25, -0.2) is 0 Å². The van der Waals surface area contributed by atoms with E-state index < -0.39 is 40.8 Å². The zero-order valence-electron chi connectivity index (χ0n) is 9.40. The van der Waals surface area contributed by atoms with Crippen molar-refractivity contribution in [2.75, 3.05) is 6.61 Å². The number of halogens is 6. The van der Waals surface area contributed by atoms with Gasteiger partial charge in [0.15, 0.2) is 0 Å². The molecule has 2 nitrogen and oxygen atoms in total. The number of alkyl halides is 6. The van der Waals surface area contributed by atoms with Crippen LogP contribution in [0.4, 0.5) is 26.3 Å². The molecule has 0 amide bonds. The molecule has 1 aromatic rings. The fourth-order valence-electron chi connectivity index (χ4n) is 2.03. The van der Waals surface area contributed by atoms with Gasteiger partial charge in [0.1, 0.15) is 5.75 Å². The molecule has 0 saturated heterocycles. The quantitative estimate of drug-likeness (QED) is 0.740. The van der Waals surface area contributed by atoms with Crippen LogP contribution >= 0.6 is 0 Å². The number of hydrogen-bond donors (Lipinski definition) is 1. The summed E-state index contributed by atoms with van der Waals surface area (Å²) in [7, 11) is 0. The maximum absolute atomic E-state index is 12.8. The summed E-state index contributed by atoms with van der Waals surface area (Å²) in [5, 5.41) is 0. The van der Waals surface area contributed by atoms with Crippen molar-refractivity contribution in [2.45, 2.75) is 24.8 Å². The summed E-state index contributed by atoms with van der Waals surface area (Å²) >= 11 is 0. The van der Waals surface area contributed by atoms with Crippen LogP contribution in [-0.2, 0) is 12.4 Å². The highest BCUT2D eigenvalue weighted by Crippen LogP contribution is 2.47. The van der Waals surface area contributed by atoms with Crippen LogP contribution in [-0.4, -0.2) is 6.61 Å². The van der Waals surface area contributed by atoms with Gasteiger partial charge in [-0.1, -0.05) is 0 Å². The Labute approximate surface area is 104 Å². The molecule has 0 radical (unpaired) electrons. The third-order valence-corrected chi connectivity index (χ3v) is 2.85. The minimum Gasteiger partial charge on any atom is -0.493 e. The van der Waals surface area contributed by atoms with E-state index in [1.165, 1.54) is 0 Å². The highest BCUT2D eigenvalue weighted by atomic mass is 19.4. The van der Waals surface area contributed by atoms with Crippen molar-refractivity contribution in [1.29, 1.82) is 0 Å². The maximum Gasteiger partial charge on any atom is 0.419 e. The highest BCUT2D eigenvalue weighted by molar-refractivity contribution is 5.51. The molecule has 8 heteroatoms. The van der Waals surface area contributed by atoms with Crippen molar-refractivity contribution in [3.05, 3.63) is 28.8 Å². The van der Waals surface area contributed by atoms with E-state index in [2.05, 4.69) is 0 Å². The lowest BCUT2D eigenvalue weighted by Crippen LogP contribution is -2.27. The second-order valence-corrected chi connectivity index (χ2v) is 4.14. The number of hydrogen-bond acceptors (Lipinski definition) is 2. The van der Waals surface area contributed by atoms with E-state index in [0.29, 0.717) is 12.1 Å². The van der Waals surface area contributed by atoms with E-state index in [9.17, 15) is 26.3 Å². The maximum atomic E-state index is 12.8. The largest absolute Gasteiger partial charge is 0.493 e. The van der Waals surface area contributed by atoms with Gasteiger partial charge in [0.25, 0.3) is 0 Å². The van der Waals surface area contributed by atoms with Crippen LogP contribution in [0.2, 0.25) is 0 Å². The van der Waals surface area contributed by atoms with Gasteiger partial charge < -0.3 is 10.5 Å². The van der Waals surface area contributed by atoms with Crippen LogP contribution < -0.4 is 10.5 Å². The summed E-state index contributed by atoms with van der Waals surface area (Å²) in [5.74, 6) is -0.805. The third-order valence-electron chi connectivity index (χ3n) is 2.85. The molecule has 1 heterocycles. The summed E-state index contributed by atoms with van der Waals surface area (Å²) < 4.78 is 81.3. The molecule has 0 saturated carbocycles. The lowest BCUT2D eigenvalue weighted by atomic mass is 9.92. The molecule has 1 aromatic carbocycles. The summed E-state index contributed by atoms with van der Waals surface area (Å²) in [6.07, 6.45) is -9.52. The molecule has 1 atom stereocenters. The Bertz CT molecular complexity index is 493. The molecule has 2 N–H and O–H groups in total. The highest BCUT2D eigenvalue weighted by Gasteiger charge is 2.43. The topological polar surface area (TPSA) is 35.2 Å². The molecule has 0 spiro atoms. The van der Waals surface area contributed by atoms with Crippen molar-refractivity contribution < 1.29 is 31.1 Å². The van der Waals surface area contributed by atoms with Crippen LogP contribution in [0.3, 0.4) is 0 Å². The van der Waals surface area contributed by atoms with E-state index in [1.54, 1.807) is 0 Å². The predicted octanol–water partition coefficient (Wildman–Crippen LogP) is 3.51. The molecule has 0 aliphatic carbocycles. The Balaban J connectivity index is 2.71. The molecular weight excluding hydrogens is 276 g/mol. The third kappa shape index (κ3) is 2.49. The Morgan fingerprint density at radius 1 is 1.00 bits per heavy atom. The molecule has 0 bridgehead atoms. The minimum absolute atomic E-state index is 0.0391. The Morgan fingerprint density at radius 3 is 2.05 bits per heavy atom. The molecule has 2 rings (SSSR count). The average Bonchev–Trinajstić information content (AvgIpc) is 2.25. The number of ether oxygens (including phenoxy) is 1. The van der Waals surface area contributed by atoms with Gasteiger partial charge in [-0.15, -0.1) is 0 Å². The normalized spacial score (nSPS) is 19.8. The van der Waals surface area contributed by atoms with Crippen molar-refractivity contribution in [2.24, 2.45) is 5.73 Å². The molecule has 106 valence electrons. The SMILES string of the molecule is N[C@@H]1CCOc2c(C(F)(F)F)ccc(C(F)(F)F)c21. The van der Waals surface area contributed by atoms with Crippen molar-refractivity contribution in [3.8, 4) is 5.75 Å². The van der Waals surface area contributed by atoms with Gasteiger partial charge in [-0.2, -0.15) is 26.3 Å². The molecule has 0 unspecified atom stereocenters.